The number of amides is 1. The molecule has 0 bridgehead atoms. The molecule has 136 valence electrons. The number of hydrogen-bond acceptors (Lipinski definition) is 3. The molecule has 0 radical (unpaired) electrons. The van der Waals surface area contributed by atoms with Crippen molar-refractivity contribution < 1.29 is 23.1 Å². The van der Waals surface area contributed by atoms with E-state index in [1.54, 1.807) is 19.1 Å². The van der Waals surface area contributed by atoms with Crippen molar-refractivity contribution in [3.8, 4) is 0 Å². The number of hydrogen-bond donors (Lipinski definition) is 1. The number of carbonyl (C=O) groups is 2. The first-order valence-electron chi connectivity index (χ1n) is 8.47. The van der Waals surface area contributed by atoms with Crippen LogP contribution in [-0.2, 0) is 22.4 Å². The summed E-state index contributed by atoms with van der Waals surface area (Å²) in [4.78, 5) is 24.0. The minimum absolute atomic E-state index is 0.157. The highest BCUT2D eigenvalue weighted by molar-refractivity contribution is 5.91. The smallest absolute Gasteiger partial charge is 0.338 e. The molecule has 0 heterocycles. The number of rotatable bonds is 5. The van der Waals surface area contributed by atoms with Crippen molar-refractivity contribution in [3.05, 3.63) is 70.3 Å². The number of esters is 1. The maximum Gasteiger partial charge on any atom is 0.338 e. The molecule has 1 aliphatic carbocycles. The maximum absolute atomic E-state index is 13.7. The fourth-order valence-corrected chi connectivity index (χ4v) is 3.13. The number of ether oxygens (including phenoxy) is 1. The van der Waals surface area contributed by atoms with E-state index >= 15 is 0 Å². The van der Waals surface area contributed by atoms with Gasteiger partial charge in [-0.05, 0) is 55.5 Å². The van der Waals surface area contributed by atoms with Gasteiger partial charge in [0.15, 0.2) is 6.61 Å². The number of nitrogens with one attached hydrogen (secondary N) is 1. The van der Waals surface area contributed by atoms with Gasteiger partial charge in [-0.25, -0.2) is 13.6 Å². The Kier molecular flexibility index (Phi) is 5.30. The molecule has 1 atom stereocenters. The number of halogens is 2. The van der Waals surface area contributed by atoms with Crippen molar-refractivity contribution in [2.24, 2.45) is 0 Å². The molecule has 1 aliphatic rings. The molecule has 2 aromatic rings. The first-order valence-corrected chi connectivity index (χ1v) is 8.47. The Morgan fingerprint density at radius 2 is 1.88 bits per heavy atom. The molecule has 0 saturated heterocycles. The summed E-state index contributed by atoms with van der Waals surface area (Å²) in [5, 5.41) is 2.53. The lowest BCUT2D eigenvalue weighted by Crippen LogP contribution is -2.31. The van der Waals surface area contributed by atoms with Gasteiger partial charge in [-0.1, -0.05) is 12.1 Å². The molecule has 2 aromatic carbocycles. The first-order chi connectivity index (χ1) is 12.4. The zero-order valence-corrected chi connectivity index (χ0v) is 14.4. The van der Waals surface area contributed by atoms with E-state index < -0.39 is 36.2 Å². The lowest BCUT2D eigenvalue weighted by atomic mass is 10.1. The van der Waals surface area contributed by atoms with Crippen LogP contribution < -0.4 is 5.32 Å². The molecular weight excluding hydrogens is 340 g/mol. The fourth-order valence-electron chi connectivity index (χ4n) is 3.13. The van der Waals surface area contributed by atoms with Gasteiger partial charge >= 0.3 is 5.97 Å². The number of carbonyl (C=O) groups excluding carboxylic acids is 2. The monoisotopic (exact) mass is 359 g/mol. The van der Waals surface area contributed by atoms with Crippen LogP contribution in [0.2, 0.25) is 0 Å². The summed E-state index contributed by atoms with van der Waals surface area (Å²) in [6.07, 6.45) is 3.04. The van der Waals surface area contributed by atoms with Crippen LogP contribution >= 0.6 is 0 Å². The van der Waals surface area contributed by atoms with Crippen LogP contribution in [0.5, 0.6) is 0 Å². The minimum Gasteiger partial charge on any atom is -0.452 e. The van der Waals surface area contributed by atoms with Gasteiger partial charge in [-0.15, -0.1) is 0 Å². The van der Waals surface area contributed by atoms with Crippen LogP contribution in [0, 0.1) is 11.6 Å². The average Bonchev–Trinajstić information content (AvgIpc) is 3.07. The number of aryl methyl sites for hydroxylation is 2. The summed E-state index contributed by atoms with van der Waals surface area (Å²) in [5.74, 6) is -2.56. The normalized spacial score (nSPS) is 13.8. The zero-order valence-electron chi connectivity index (χ0n) is 14.4. The number of benzene rings is 2. The predicted molar refractivity (Wildman–Crippen MR) is 91.7 cm³/mol. The van der Waals surface area contributed by atoms with Crippen molar-refractivity contribution in [1.29, 1.82) is 0 Å². The molecular formula is C20H19F2NO3. The third-order valence-electron chi connectivity index (χ3n) is 4.48. The molecule has 0 aromatic heterocycles. The Labute approximate surface area is 150 Å². The molecule has 26 heavy (non-hydrogen) atoms. The topological polar surface area (TPSA) is 55.4 Å². The lowest BCUT2D eigenvalue weighted by Gasteiger charge is -2.15. The van der Waals surface area contributed by atoms with E-state index in [0.717, 1.165) is 37.0 Å². The first kappa shape index (κ1) is 18.0. The lowest BCUT2D eigenvalue weighted by molar-refractivity contribution is -0.124. The van der Waals surface area contributed by atoms with Crippen LogP contribution in [0.25, 0.3) is 0 Å². The summed E-state index contributed by atoms with van der Waals surface area (Å²) in [5.41, 5.74) is 2.96. The number of fused-ring (bicyclic) bond motifs is 1. The van der Waals surface area contributed by atoms with E-state index in [9.17, 15) is 18.4 Å². The Bertz CT molecular complexity index is 851. The molecule has 0 unspecified atom stereocenters. The molecule has 3 rings (SSSR count). The van der Waals surface area contributed by atoms with Crippen molar-refractivity contribution in [2.45, 2.75) is 32.2 Å². The van der Waals surface area contributed by atoms with Gasteiger partial charge in [-0.3, -0.25) is 4.79 Å². The third kappa shape index (κ3) is 4.07. The zero-order chi connectivity index (χ0) is 18.7. The van der Waals surface area contributed by atoms with Gasteiger partial charge in [-0.2, -0.15) is 0 Å². The summed E-state index contributed by atoms with van der Waals surface area (Å²) < 4.78 is 31.7. The molecule has 0 saturated carbocycles. The SMILES string of the molecule is C[C@H](NC(=O)COC(=O)c1ccc2c(c1)CCC2)c1ccc(F)cc1F. The van der Waals surface area contributed by atoms with E-state index in [1.165, 1.54) is 11.6 Å². The predicted octanol–water partition coefficient (Wildman–Crippen LogP) is 3.49. The van der Waals surface area contributed by atoms with Gasteiger partial charge in [0, 0.05) is 11.6 Å². The Balaban J connectivity index is 1.54. The second-order valence-corrected chi connectivity index (χ2v) is 6.37. The quantitative estimate of drug-likeness (QED) is 0.832. The molecule has 0 fully saturated rings. The van der Waals surface area contributed by atoms with Crippen LogP contribution in [0.1, 0.15) is 46.4 Å². The van der Waals surface area contributed by atoms with Crippen molar-refractivity contribution >= 4 is 11.9 Å². The highest BCUT2D eigenvalue weighted by Crippen LogP contribution is 2.23. The van der Waals surface area contributed by atoms with Gasteiger partial charge in [0.1, 0.15) is 11.6 Å². The van der Waals surface area contributed by atoms with Crippen molar-refractivity contribution in [2.75, 3.05) is 6.61 Å². The van der Waals surface area contributed by atoms with Crippen LogP contribution in [0.4, 0.5) is 8.78 Å². The van der Waals surface area contributed by atoms with Gasteiger partial charge in [0.25, 0.3) is 5.91 Å². The largest absolute Gasteiger partial charge is 0.452 e. The van der Waals surface area contributed by atoms with Crippen molar-refractivity contribution in [3.63, 3.8) is 0 Å². The third-order valence-corrected chi connectivity index (χ3v) is 4.48. The summed E-state index contributed by atoms with van der Waals surface area (Å²) >= 11 is 0. The average molecular weight is 359 g/mol. The standard InChI is InChI=1S/C20H19F2NO3/c1-12(17-8-7-16(21)10-18(17)22)23-19(24)11-26-20(25)15-6-5-13-3-2-4-14(13)9-15/h5-10,12H,2-4,11H2,1H3,(H,23,24)/t12-/m0/s1. The Morgan fingerprint density at radius 1 is 1.12 bits per heavy atom. The van der Waals surface area contributed by atoms with E-state index in [2.05, 4.69) is 5.32 Å². The molecule has 6 heteroatoms. The Morgan fingerprint density at radius 3 is 2.65 bits per heavy atom. The maximum atomic E-state index is 13.7. The van der Waals surface area contributed by atoms with Crippen LogP contribution in [-0.4, -0.2) is 18.5 Å². The van der Waals surface area contributed by atoms with Gasteiger partial charge in [0.2, 0.25) is 0 Å². The second-order valence-electron chi connectivity index (χ2n) is 6.37. The van der Waals surface area contributed by atoms with E-state index in [1.807, 2.05) is 6.07 Å². The highest BCUT2D eigenvalue weighted by Gasteiger charge is 2.18. The molecule has 1 N–H and O–H groups in total. The van der Waals surface area contributed by atoms with Gasteiger partial charge in [0.05, 0.1) is 11.6 Å². The summed E-state index contributed by atoms with van der Waals surface area (Å²) in [7, 11) is 0. The molecule has 1 amide bonds. The van der Waals surface area contributed by atoms with Crippen LogP contribution in [0.15, 0.2) is 36.4 Å². The molecule has 4 nitrogen and oxygen atoms in total. The van der Waals surface area contributed by atoms with Crippen molar-refractivity contribution in [1.82, 2.24) is 5.32 Å². The highest BCUT2D eigenvalue weighted by atomic mass is 19.1. The van der Waals surface area contributed by atoms with Crippen LogP contribution in [0.3, 0.4) is 0 Å². The Hall–Kier alpha value is -2.76. The fraction of sp³-hybridized carbons (Fsp3) is 0.300. The van der Waals surface area contributed by atoms with E-state index in [4.69, 9.17) is 4.74 Å². The summed E-state index contributed by atoms with van der Waals surface area (Å²) in [6.45, 7) is 1.10. The second kappa shape index (κ2) is 7.64. The van der Waals surface area contributed by atoms with Gasteiger partial charge < -0.3 is 10.1 Å². The molecule has 0 spiro atoms. The summed E-state index contributed by atoms with van der Waals surface area (Å²) in [6, 6.07) is 7.88. The van der Waals surface area contributed by atoms with E-state index in [-0.39, 0.29) is 5.56 Å². The minimum atomic E-state index is -0.743. The molecule has 0 aliphatic heterocycles. The van der Waals surface area contributed by atoms with E-state index in [0.29, 0.717) is 5.56 Å².